The number of carbonyl (C=O) groups excluding carboxylic acids is 2. The Bertz CT molecular complexity index is 489. The molecular weight excluding hydrogens is 302 g/mol. The Morgan fingerprint density at radius 1 is 1.04 bits per heavy atom. The van der Waals surface area contributed by atoms with Crippen LogP contribution in [-0.4, -0.2) is 72.8 Å². The van der Waals surface area contributed by atoms with E-state index < -0.39 is 0 Å². The van der Waals surface area contributed by atoms with Crippen molar-refractivity contribution in [1.82, 2.24) is 14.7 Å². The fourth-order valence-corrected chi connectivity index (χ4v) is 5.53. The Kier molecular flexibility index (Phi) is 4.92. The van der Waals surface area contributed by atoms with Gasteiger partial charge in [0, 0.05) is 52.1 Å². The van der Waals surface area contributed by atoms with Crippen LogP contribution in [0.5, 0.6) is 0 Å². The van der Waals surface area contributed by atoms with E-state index in [1.165, 1.54) is 6.42 Å². The standard InChI is InChI=1S/C19H33N3O2/c1-18-11-19(2,13-20(3)12-18)15-22(14-18)17(24)8-10-21-9-6-4-5-7-16(21)23/h4-15H2,1-3H3. The lowest BCUT2D eigenvalue weighted by molar-refractivity contribution is -0.145. The minimum Gasteiger partial charge on any atom is -0.342 e. The summed E-state index contributed by atoms with van der Waals surface area (Å²) in [5, 5.41) is 0. The molecule has 0 spiro atoms. The van der Waals surface area contributed by atoms with E-state index in [0.717, 1.165) is 52.0 Å². The molecule has 5 heteroatoms. The molecule has 2 atom stereocenters. The molecule has 3 fully saturated rings. The number of amides is 2. The van der Waals surface area contributed by atoms with Gasteiger partial charge in [0.15, 0.2) is 0 Å². The van der Waals surface area contributed by atoms with Crippen molar-refractivity contribution in [3.63, 3.8) is 0 Å². The maximum atomic E-state index is 12.8. The predicted octanol–water partition coefficient (Wildman–Crippen LogP) is 1.97. The highest BCUT2D eigenvalue weighted by atomic mass is 16.2. The van der Waals surface area contributed by atoms with Gasteiger partial charge in [-0.05, 0) is 37.1 Å². The lowest BCUT2D eigenvalue weighted by Gasteiger charge is -2.56. The summed E-state index contributed by atoms with van der Waals surface area (Å²) >= 11 is 0. The van der Waals surface area contributed by atoms with Crippen LogP contribution in [0.1, 0.15) is 52.4 Å². The third-order valence-electron chi connectivity index (χ3n) is 5.92. The van der Waals surface area contributed by atoms with Gasteiger partial charge >= 0.3 is 0 Å². The van der Waals surface area contributed by atoms with E-state index in [1.807, 2.05) is 4.90 Å². The zero-order valence-electron chi connectivity index (χ0n) is 15.6. The average Bonchev–Trinajstić information content (AvgIpc) is 2.66. The van der Waals surface area contributed by atoms with Crippen LogP contribution in [-0.2, 0) is 9.59 Å². The summed E-state index contributed by atoms with van der Waals surface area (Å²) in [4.78, 5) is 31.3. The Hall–Kier alpha value is -1.10. The largest absolute Gasteiger partial charge is 0.342 e. The highest BCUT2D eigenvalue weighted by molar-refractivity contribution is 5.79. The molecular formula is C19H33N3O2. The number of hydrogen-bond acceptors (Lipinski definition) is 3. The van der Waals surface area contributed by atoms with E-state index >= 15 is 0 Å². The maximum Gasteiger partial charge on any atom is 0.224 e. The van der Waals surface area contributed by atoms with Crippen molar-refractivity contribution in [3.05, 3.63) is 0 Å². The lowest BCUT2D eigenvalue weighted by atomic mass is 9.65. The number of carbonyl (C=O) groups is 2. The quantitative estimate of drug-likeness (QED) is 0.792. The second-order valence-electron chi connectivity index (χ2n) is 9.16. The second kappa shape index (κ2) is 6.66. The van der Waals surface area contributed by atoms with Crippen LogP contribution in [0.4, 0.5) is 0 Å². The molecule has 0 aromatic carbocycles. The molecule has 24 heavy (non-hydrogen) atoms. The SMILES string of the molecule is CN1CC2(C)CN(C(=O)CCN3CCCCCC3=O)CC(C)(C1)C2. The zero-order chi connectivity index (χ0) is 17.4. The Morgan fingerprint density at radius 3 is 2.38 bits per heavy atom. The highest BCUT2D eigenvalue weighted by Gasteiger charge is 2.48. The van der Waals surface area contributed by atoms with E-state index in [1.54, 1.807) is 0 Å². The average molecular weight is 335 g/mol. The molecule has 2 bridgehead atoms. The summed E-state index contributed by atoms with van der Waals surface area (Å²) in [5.41, 5.74) is 0.405. The van der Waals surface area contributed by atoms with Crippen LogP contribution in [0.3, 0.4) is 0 Å². The van der Waals surface area contributed by atoms with E-state index in [2.05, 4.69) is 30.7 Å². The van der Waals surface area contributed by atoms with Gasteiger partial charge in [-0.25, -0.2) is 0 Å². The molecule has 0 saturated carbocycles. The van der Waals surface area contributed by atoms with Crippen molar-refractivity contribution in [3.8, 4) is 0 Å². The summed E-state index contributed by atoms with van der Waals surface area (Å²) in [6.45, 7) is 9.92. The predicted molar refractivity (Wildman–Crippen MR) is 94.6 cm³/mol. The number of likely N-dealkylation sites (tertiary alicyclic amines) is 3. The summed E-state index contributed by atoms with van der Waals surface area (Å²) in [6.07, 6.45) is 5.55. The third-order valence-corrected chi connectivity index (χ3v) is 5.92. The molecule has 0 N–H and O–H groups in total. The van der Waals surface area contributed by atoms with E-state index in [4.69, 9.17) is 0 Å². The number of hydrogen-bond donors (Lipinski definition) is 0. The first-order valence-corrected chi connectivity index (χ1v) is 9.53. The first-order valence-electron chi connectivity index (χ1n) is 9.53. The molecule has 2 amide bonds. The second-order valence-corrected chi connectivity index (χ2v) is 9.16. The number of piperidine rings is 2. The zero-order valence-corrected chi connectivity index (χ0v) is 15.6. The normalized spacial score (nSPS) is 35.0. The van der Waals surface area contributed by atoms with Gasteiger partial charge in [0.25, 0.3) is 0 Å². The van der Waals surface area contributed by atoms with Crippen LogP contribution in [0.25, 0.3) is 0 Å². The molecule has 3 aliphatic rings. The van der Waals surface area contributed by atoms with Gasteiger partial charge in [-0.3, -0.25) is 9.59 Å². The van der Waals surface area contributed by atoms with Crippen LogP contribution in [0.2, 0.25) is 0 Å². The Labute approximate surface area is 146 Å². The maximum absolute atomic E-state index is 12.8. The fourth-order valence-electron chi connectivity index (χ4n) is 5.53. The number of rotatable bonds is 3. The molecule has 0 aromatic heterocycles. The molecule has 5 nitrogen and oxygen atoms in total. The first-order chi connectivity index (χ1) is 11.3. The molecule has 3 rings (SSSR count). The topological polar surface area (TPSA) is 43.9 Å². The van der Waals surface area contributed by atoms with Crippen LogP contribution >= 0.6 is 0 Å². The molecule has 0 radical (unpaired) electrons. The van der Waals surface area contributed by atoms with Crippen molar-refractivity contribution in [1.29, 1.82) is 0 Å². The van der Waals surface area contributed by atoms with Crippen LogP contribution < -0.4 is 0 Å². The molecule has 136 valence electrons. The lowest BCUT2D eigenvalue weighted by Crippen LogP contribution is -2.62. The van der Waals surface area contributed by atoms with Gasteiger partial charge in [0.1, 0.15) is 0 Å². The van der Waals surface area contributed by atoms with Gasteiger partial charge in [-0.2, -0.15) is 0 Å². The minimum atomic E-state index is 0.202. The monoisotopic (exact) mass is 335 g/mol. The van der Waals surface area contributed by atoms with Gasteiger partial charge in [0.05, 0.1) is 0 Å². The fraction of sp³-hybridized carbons (Fsp3) is 0.895. The highest BCUT2D eigenvalue weighted by Crippen LogP contribution is 2.45. The molecule has 3 aliphatic heterocycles. The Morgan fingerprint density at radius 2 is 1.71 bits per heavy atom. The van der Waals surface area contributed by atoms with Crippen molar-refractivity contribution in [2.75, 3.05) is 46.3 Å². The number of fused-ring (bicyclic) bond motifs is 2. The van der Waals surface area contributed by atoms with E-state index in [0.29, 0.717) is 19.4 Å². The summed E-state index contributed by atoms with van der Waals surface area (Å²) in [5.74, 6) is 0.463. The molecule has 0 aliphatic carbocycles. The summed E-state index contributed by atoms with van der Waals surface area (Å²) in [7, 11) is 2.19. The third kappa shape index (κ3) is 3.93. The minimum absolute atomic E-state index is 0.202. The molecule has 2 unspecified atom stereocenters. The van der Waals surface area contributed by atoms with Crippen LogP contribution in [0, 0.1) is 10.8 Å². The van der Waals surface area contributed by atoms with Crippen molar-refractivity contribution < 1.29 is 9.59 Å². The molecule has 3 saturated heterocycles. The van der Waals surface area contributed by atoms with E-state index in [-0.39, 0.29) is 22.6 Å². The van der Waals surface area contributed by atoms with E-state index in [9.17, 15) is 9.59 Å². The molecule has 3 heterocycles. The van der Waals surface area contributed by atoms with Gasteiger partial charge in [-0.15, -0.1) is 0 Å². The number of nitrogens with zero attached hydrogens (tertiary/aromatic N) is 3. The van der Waals surface area contributed by atoms with Gasteiger partial charge < -0.3 is 14.7 Å². The first kappa shape index (κ1) is 17.7. The van der Waals surface area contributed by atoms with Crippen molar-refractivity contribution in [2.24, 2.45) is 10.8 Å². The molecule has 0 aromatic rings. The van der Waals surface area contributed by atoms with Crippen molar-refractivity contribution in [2.45, 2.75) is 52.4 Å². The van der Waals surface area contributed by atoms with Gasteiger partial charge in [0.2, 0.25) is 11.8 Å². The smallest absolute Gasteiger partial charge is 0.224 e. The summed E-state index contributed by atoms with van der Waals surface area (Å²) < 4.78 is 0. The van der Waals surface area contributed by atoms with Crippen molar-refractivity contribution >= 4 is 11.8 Å². The Balaban J connectivity index is 1.58. The summed E-state index contributed by atoms with van der Waals surface area (Å²) in [6, 6.07) is 0. The van der Waals surface area contributed by atoms with Gasteiger partial charge in [-0.1, -0.05) is 20.3 Å². The van der Waals surface area contributed by atoms with Crippen LogP contribution in [0.15, 0.2) is 0 Å².